The van der Waals surface area contributed by atoms with Crippen molar-refractivity contribution in [2.75, 3.05) is 6.61 Å². The summed E-state index contributed by atoms with van der Waals surface area (Å²) in [7, 11) is 0. The predicted molar refractivity (Wildman–Crippen MR) is 180 cm³/mol. The van der Waals surface area contributed by atoms with Crippen LogP contribution < -0.4 is 5.73 Å². The number of ether oxygens (including phenoxy) is 1. The van der Waals surface area contributed by atoms with Crippen molar-refractivity contribution in [2.24, 2.45) is 21.6 Å². The van der Waals surface area contributed by atoms with E-state index in [1.807, 2.05) is 27.7 Å². The number of halogens is 3. The van der Waals surface area contributed by atoms with Gasteiger partial charge in [0.25, 0.3) is 5.91 Å². The molecule has 2 aliphatic rings. The molecular weight excluding hydrogens is 654 g/mol. The van der Waals surface area contributed by atoms with Crippen molar-refractivity contribution < 1.29 is 23.1 Å². The second kappa shape index (κ2) is 12.7. The lowest BCUT2D eigenvalue weighted by Crippen LogP contribution is -2.47. The Morgan fingerprint density at radius 3 is 2.43 bits per heavy atom. The van der Waals surface area contributed by atoms with Crippen LogP contribution in [0.25, 0.3) is 16.8 Å². The Morgan fingerprint density at radius 2 is 1.84 bits per heavy atom. The highest BCUT2D eigenvalue weighted by atomic mass is 35.5. The van der Waals surface area contributed by atoms with Crippen LogP contribution in [0.2, 0.25) is 5.02 Å². The number of hydrogen-bond acceptors (Lipinski definition) is 8. The third-order valence-electron chi connectivity index (χ3n) is 9.00. The molecule has 258 valence electrons. The lowest BCUT2D eigenvalue weighted by atomic mass is 9.75. The predicted octanol–water partition coefficient (Wildman–Crippen LogP) is 6.75. The number of esters is 1. The number of hydrogen-bond donors (Lipinski definition) is 1. The first-order valence-corrected chi connectivity index (χ1v) is 16.4. The first-order chi connectivity index (χ1) is 23.1. The zero-order valence-electron chi connectivity index (χ0n) is 28.0. The van der Waals surface area contributed by atoms with Crippen LogP contribution in [0.1, 0.15) is 82.9 Å². The SMILES string of the molecule is Cc1ncn(-c2cc([C@@H](COC(=O)CC3(C)CC3)N3C(=O)[C@@](CC(C)(C)C)(c4ccc(-c5cnn(C(F)F)c5)cc4)N=C3N)ccc2Cl)n1. The number of amides is 1. The quantitative estimate of drug-likeness (QED) is 0.172. The van der Waals surface area contributed by atoms with Gasteiger partial charge in [-0.05, 0) is 65.8 Å². The number of aromatic nitrogens is 5. The molecule has 1 amide bonds. The monoisotopic (exact) mass is 692 g/mol. The van der Waals surface area contributed by atoms with Gasteiger partial charge in [-0.3, -0.25) is 14.5 Å². The molecule has 1 aliphatic carbocycles. The lowest BCUT2D eigenvalue weighted by Gasteiger charge is -2.35. The molecule has 2 aromatic heterocycles. The Labute approximate surface area is 288 Å². The number of carbonyl (C=O) groups excluding carboxylic acids is 2. The maximum absolute atomic E-state index is 14.9. The number of aliphatic imine (C=N–C) groups is 1. The van der Waals surface area contributed by atoms with Crippen molar-refractivity contribution >= 4 is 29.4 Å². The van der Waals surface area contributed by atoms with Gasteiger partial charge in [0.1, 0.15) is 18.8 Å². The zero-order valence-corrected chi connectivity index (χ0v) is 28.8. The normalized spacial score (nSPS) is 19.3. The molecule has 2 N–H and O–H groups in total. The molecule has 0 bridgehead atoms. The van der Waals surface area contributed by atoms with E-state index in [4.69, 9.17) is 27.1 Å². The van der Waals surface area contributed by atoms with Gasteiger partial charge in [0.2, 0.25) is 0 Å². The average Bonchev–Trinajstić information content (AvgIpc) is 3.36. The molecule has 1 aliphatic heterocycles. The smallest absolute Gasteiger partial charge is 0.333 e. The lowest BCUT2D eigenvalue weighted by molar-refractivity contribution is -0.148. The van der Waals surface area contributed by atoms with Gasteiger partial charge in [-0.2, -0.15) is 19.0 Å². The fourth-order valence-corrected chi connectivity index (χ4v) is 6.47. The Morgan fingerprint density at radius 1 is 1.12 bits per heavy atom. The van der Waals surface area contributed by atoms with E-state index in [0.717, 1.165) is 12.8 Å². The van der Waals surface area contributed by atoms with Crippen molar-refractivity contribution in [3.63, 3.8) is 0 Å². The van der Waals surface area contributed by atoms with E-state index in [1.165, 1.54) is 22.0 Å². The zero-order chi connectivity index (χ0) is 35.3. The van der Waals surface area contributed by atoms with Gasteiger partial charge in [-0.15, -0.1) is 0 Å². The van der Waals surface area contributed by atoms with Crippen LogP contribution in [0.3, 0.4) is 0 Å². The summed E-state index contributed by atoms with van der Waals surface area (Å²) in [5.41, 5.74) is 7.65. The van der Waals surface area contributed by atoms with E-state index >= 15 is 0 Å². The van der Waals surface area contributed by atoms with Gasteiger partial charge >= 0.3 is 12.5 Å². The second-order valence-electron chi connectivity index (χ2n) is 14.4. The standard InChI is InChI=1S/C35H39ClF2N8O3/c1-21-40-20-45(43-21)27-14-23(8-11-26(27)36)28(18-49-29(47)15-34(5)12-13-34)46-30(48)35(42-32(46)39,19-33(2,3)4)25-9-6-22(7-10-25)24-16-41-44(17-24)31(37)38/h6-11,14,16-17,20,28,31H,12-13,15,18-19H2,1-5H3,(H2,39,42)/t28-,35-/m1/s1. The third-order valence-corrected chi connectivity index (χ3v) is 9.32. The molecule has 4 aromatic rings. The van der Waals surface area contributed by atoms with Crippen LogP contribution in [0.5, 0.6) is 0 Å². The highest BCUT2D eigenvalue weighted by Gasteiger charge is 2.53. The van der Waals surface area contributed by atoms with Crippen LogP contribution in [-0.2, 0) is 19.9 Å². The van der Waals surface area contributed by atoms with Gasteiger partial charge in [0.15, 0.2) is 11.5 Å². The van der Waals surface area contributed by atoms with E-state index in [-0.39, 0.29) is 41.7 Å². The highest BCUT2D eigenvalue weighted by Crippen LogP contribution is 2.49. The number of nitrogens with two attached hydrogens (primary N) is 1. The molecular formula is C35H39ClF2N8O3. The number of carbonyl (C=O) groups is 2. The van der Waals surface area contributed by atoms with Crippen LogP contribution in [0.15, 0.2) is 66.2 Å². The van der Waals surface area contributed by atoms with E-state index < -0.39 is 18.1 Å². The van der Waals surface area contributed by atoms with Gasteiger partial charge in [-0.25, -0.2) is 19.3 Å². The van der Waals surface area contributed by atoms with Crippen molar-refractivity contribution in [3.8, 4) is 16.8 Å². The van der Waals surface area contributed by atoms with E-state index in [2.05, 4.69) is 15.2 Å². The molecule has 11 nitrogen and oxygen atoms in total. The molecule has 49 heavy (non-hydrogen) atoms. The summed E-state index contributed by atoms with van der Waals surface area (Å²) in [6, 6.07) is 11.4. The van der Waals surface area contributed by atoms with Gasteiger partial charge in [0.05, 0.1) is 29.4 Å². The largest absolute Gasteiger partial charge is 0.463 e. The first kappa shape index (κ1) is 34.2. The van der Waals surface area contributed by atoms with Crippen LogP contribution >= 0.6 is 11.6 Å². The van der Waals surface area contributed by atoms with E-state index in [9.17, 15) is 18.4 Å². The van der Waals surface area contributed by atoms with Crippen LogP contribution in [-0.4, -0.2) is 53.9 Å². The van der Waals surface area contributed by atoms with Crippen molar-refractivity contribution in [3.05, 3.63) is 83.2 Å². The summed E-state index contributed by atoms with van der Waals surface area (Å²) in [5, 5.41) is 8.54. The average molecular weight is 693 g/mol. The summed E-state index contributed by atoms with van der Waals surface area (Å²) in [6.45, 7) is 6.89. The number of alkyl halides is 2. The summed E-state index contributed by atoms with van der Waals surface area (Å²) in [4.78, 5) is 38.4. The van der Waals surface area contributed by atoms with Gasteiger partial charge in [-0.1, -0.05) is 69.6 Å². The van der Waals surface area contributed by atoms with Crippen molar-refractivity contribution in [1.29, 1.82) is 0 Å². The molecule has 2 aromatic carbocycles. The fraction of sp³-hybridized carbons (Fsp3) is 0.429. The first-order valence-electron chi connectivity index (χ1n) is 16.0. The van der Waals surface area contributed by atoms with Gasteiger partial charge < -0.3 is 10.5 Å². The molecule has 3 heterocycles. The maximum Gasteiger partial charge on any atom is 0.333 e. The summed E-state index contributed by atoms with van der Waals surface area (Å²) >= 11 is 6.60. The van der Waals surface area contributed by atoms with Crippen LogP contribution in [0, 0.1) is 17.8 Å². The van der Waals surface area contributed by atoms with Gasteiger partial charge in [0, 0.05) is 11.8 Å². The Kier molecular flexibility index (Phi) is 8.85. The molecule has 0 radical (unpaired) electrons. The molecule has 1 fully saturated rings. The number of rotatable bonds is 11. The number of nitrogens with zero attached hydrogens (tertiary/aromatic N) is 7. The minimum atomic E-state index is -2.76. The minimum Gasteiger partial charge on any atom is -0.463 e. The molecule has 0 unspecified atom stereocenters. The molecule has 0 spiro atoms. The van der Waals surface area contributed by atoms with E-state index in [1.54, 1.807) is 55.7 Å². The maximum atomic E-state index is 14.9. The number of benzene rings is 2. The Balaban J connectivity index is 1.39. The molecule has 2 atom stereocenters. The van der Waals surface area contributed by atoms with E-state index in [0.29, 0.717) is 49.9 Å². The molecule has 0 saturated heterocycles. The fourth-order valence-electron chi connectivity index (χ4n) is 6.26. The summed E-state index contributed by atoms with van der Waals surface area (Å²) in [5.74, 6) is -0.228. The minimum absolute atomic E-state index is 0.0279. The third kappa shape index (κ3) is 7.08. The Bertz CT molecular complexity index is 1910. The number of guanidine groups is 1. The second-order valence-corrected chi connectivity index (χ2v) is 14.8. The highest BCUT2D eigenvalue weighted by molar-refractivity contribution is 6.32. The van der Waals surface area contributed by atoms with Crippen molar-refractivity contribution in [2.45, 2.75) is 78.4 Å². The van der Waals surface area contributed by atoms with Crippen LogP contribution in [0.4, 0.5) is 8.78 Å². The van der Waals surface area contributed by atoms with Crippen molar-refractivity contribution in [1.82, 2.24) is 29.4 Å². The number of aryl methyl sites for hydroxylation is 1. The topological polar surface area (TPSA) is 134 Å². The molecule has 1 saturated carbocycles. The summed E-state index contributed by atoms with van der Waals surface area (Å²) in [6.07, 6.45) is 6.65. The summed E-state index contributed by atoms with van der Waals surface area (Å²) < 4.78 is 34.3. The molecule has 14 heteroatoms. The Hall–Kier alpha value is -4.65. The molecule has 6 rings (SSSR count).